The molecule has 2 aromatic heterocycles. The van der Waals surface area contributed by atoms with Crippen molar-refractivity contribution in [3.05, 3.63) is 76.4 Å². The number of halogens is 1. The van der Waals surface area contributed by atoms with Crippen LogP contribution in [0.1, 0.15) is 15.9 Å². The Kier molecular flexibility index (Phi) is 6.70. The van der Waals surface area contributed by atoms with Crippen LogP contribution in [-0.2, 0) is 6.54 Å². The van der Waals surface area contributed by atoms with E-state index in [1.165, 1.54) is 0 Å². The van der Waals surface area contributed by atoms with E-state index >= 15 is 0 Å². The number of hydrogen-bond acceptors (Lipinski definition) is 6. The van der Waals surface area contributed by atoms with Gasteiger partial charge in [0.1, 0.15) is 5.75 Å². The molecule has 1 aliphatic rings. The summed E-state index contributed by atoms with van der Waals surface area (Å²) in [5.74, 6) is 1.08. The van der Waals surface area contributed by atoms with Gasteiger partial charge in [-0.15, -0.1) is 0 Å². The number of hydrogen-bond donors (Lipinski definition) is 1. The van der Waals surface area contributed by atoms with Gasteiger partial charge in [0, 0.05) is 48.1 Å². The van der Waals surface area contributed by atoms with E-state index in [4.69, 9.17) is 4.74 Å². The third-order valence-electron chi connectivity index (χ3n) is 6.27. The second-order valence-corrected chi connectivity index (χ2v) is 9.59. The zero-order valence-electron chi connectivity index (χ0n) is 19.7. The molecule has 2 aromatic carbocycles. The number of pyridine rings is 1. The Morgan fingerprint density at radius 3 is 2.46 bits per heavy atom. The number of rotatable bonds is 6. The molecule has 9 heteroatoms. The van der Waals surface area contributed by atoms with E-state index < -0.39 is 0 Å². The van der Waals surface area contributed by atoms with Crippen LogP contribution < -0.4 is 15.0 Å². The molecular formula is C26H27BrN6O2. The third kappa shape index (κ3) is 5.16. The molecule has 0 bridgehead atoms. The monoisotopic (exact) mass is 534 g/mol. The average Bonchev–Trinajstić information content (AvgIpc) is 3.20. The number of fused-ring (bicyclic) bond motifs is 1. The number of nitrogens with zero attached hydrogens (tertiary/aromatic N) is 5. The molecule has 0 unspecified atom stereocenters. The third-order valence-corrected chi connectivity index (χ3v) is 6.71. The molecule has 35 heavy (non-hydrogen) atoms. The molecule has 0 atom stereocenters. The first-order valence-electron chi connectivity index (χ1n) is 11.5. The quantitative estimate of drug-likeness (QED) is 0.398. The number of methoxy groups -OCH3 is 1. The maximum absolute atomic E-state index is 13.1. The van der Waals surface area contributed by atoms with Crippen molar-refractivity contribution in [2.75, 3.05) is 50.6 Å². The largest absolute Gasteiger partial charge is 0.497 e. The second kappa shape index (κ2) is 10.1. The number of carbonyl (C=O) groups is 1. The molecule has 8 nitrogen and oxygen atoms in total. The second-order valence-electron chi connectivity index (χ2n) is 8.67. The Morgan fingerprint density at radius 2 is 1.77 bits per heavy atom. The number of carbonyl (C=O) groups excluding carboxylic acids is 1. The molecule has 1 amide bonds. The first kappa shape index (κ1) is 23.3. The zero-order chi connectivity index (χ0) is 24.4. The first-order valence-corrected chi connectivity index (χ1v) is 12.3. The number of piperazine rings is 1. The fourth-order valence-electron chi connectivity index (χ4n) is 4.21. The molecule has 1 aliphatic heterocycles. The van der Waals surface area contributed by atoms with Crippen LogP contribution in [0.4, 0.5) is 11.5 Å². The summed E-state index contributed by atoms with van der Waals surface area (Å²) in [6, 6.07) is 17.5. The molecule has 1 saturated heterocycles. The topological polar surface area (TPSA) is 75.5 Å². The Balaban J connectivity index is 1.36. The Morgan fingerprint density at radius 1 is 1.06 bits per heavy atom. The van der Waals surface area contributed by atoms with Gasteiger partial charge < -0.3 is 19.9 Å². The summed E-state index contributed by atoms with van der Waals surface area (Å²) in [4.78, 5) is 22.3. The zero-order valence-corrected chi connectivity index (χ0v) is 21.3. The van der Waals surface area contributed by atoms with Crippen LogP contribution in [0.2, 0.25) is 0 Å². The van der Waals surface area contributed by atoms with Crippen LogP contribution in [0.3, 0.4) is 0 Å². The van der Waals surface area contributed by atoms with E-state index in [0.717, 1.165) is 53.0 Å². The number of benzene rings is 2. The number of amides is 1. The maximum Gasteiger partial charge on any atom is 0.256 e. The highest BCUT2D eigenvalue weighted by molar-refractivity contribution is 9.10. The van der Waals surface area contributed by atoms with E-state index in [0.29, 0.717) is 23.6 Å². The fourth-order valence-corrected chi connectivity index (χ4v) is 4.54. The van der Waals surface area contributed by atoms with Crippen molar-refractivity contribution in [2.45, 2.75) is 6.54 Å². The van der Waals surface area contributed by atoms with Gasteiger partial charge in [0.05, 0.1) is 19.0 Å². The number of likely N-dealkylation sites (N-methyl/N-ethyl adjacent to an activating group) is 1. The van der Waals surface area contributed by atoms with Crippen molar-refractivity contribution in [1.29, 1.82) is 0 Å². The fraction of sp³-hybridized carbons (Fsp3) is 0.269. The van der Waals surface area contributed by atoms with Crippen LogP contribution in [0.15, 0.2) is 65.3 Å². The first-order chi connectivity index (χ1) is 17.0. The van der Waals surface area contributed by atoms with E-state index in [1.807, 2.05) is 54.6 Å². The standard InChI is InChI=1S/C26H27BrN6O2/c1-31-11-13-32(14-12-31)21-7-5-19(6-8-21)26(34)29-24-23-15-20(27)16-28-25(23)33(30-24)17-18-3-9-22(35-2)10-4-18/h3-10,15-16H,11-14,17H2,1-2H3,(H,29,30,34). The minimum atomic E-state index is -0.203. The van der Waals surface area contributed by atoms with E-state index in [2.05, 4.69) is 48.2 Å². The predicted molar refractivity (Wildman–Crippen MR) is 141 cm³/mol. The summed E-state index contributed by atoms with van der Waals surface area (Å²) < 4.78 is 7.87. The van der Waals surface area contributed by atoms with E-state index in [1.54, 1.807) is 18.0 Å². The summed E-state index contributed by atoms with van der Waals surface area (Å²) in [6.07, 6.45) is 1.73. The van der Waals surface area contributed by atoms with Crippen molar-refractivity contribution >= 4 is 44.4 Å². The molecule has 0 saturated carbocycles. The lowest BCUT2D eigenvalue weighted by molar-refractivity contribution is 0.102. The summed E-state index contributed by atoms with van der Waals surface area (Å²) >= 11 is 3.49. The lowest BCUT2D eigenvalue weighted by Gasteiger charge is -2.34. The van der Waals surface area contributed by atoms with Gasteiger partial charge in [-0.25, -0.2) is 9.67 Å². The lowest BCUT2D eigenvalue weighted by atomic mass is 10.1. The predicted octanol–water partition coefficient (Wildman–Crippen LogP) is 4.25. The molecule has 1 N–H and O–H groups in total. The minimum absolute atomic E-state index is 0.203. The Labute approximate surface area is 212 Å². The van der Waals surface area contributed by atoms with Gasteiger partial charge in [0.25, 0.3) is 5.91 Å². The highest BCUT2D eigenvalue weighted by Crippen LogP contribution is 2.26. The van der Waals surface area contributed by atoms with Gasteiger partial charge in [-0.05, 0) is 71.0 Å². The van der Waals surface area contributed by atoms with E-state index in [-0.39, 0.29) is 5.91 Å². The van der Waals surface area contributed by atoms with Gasteiger partial charge in [0.2, 0.25) is 0 Å². The average molecular weight is 535 g/mol. The Bertz CT molecular complexity index is 1330. The van der Waals surface area contributed by atoms with Crippen LogP contribution >= 0.6 is 15.9 Å². The normalized spacial score (nSPS) is 14.3. The summed E-state index contributed by atoms with van der Waals surface area (Å²) in [7, 11) is 3.79. The molecule has 0 radical (unpaired) electrons. The minimum Gasteiger partial charge on any atom is -0.497 e. The van der Waals surface area contributed by atoms with Gasteiger partial charge in [-0.3, -0.25) is 4.79 Å². The van der Waals surface area contributed by atoms with Crippen molar-refractivity contribution < 1.29 is 9.53 Å². The molecule has 5 rings (SSSR count). The molecule has 0 aliphatic carbocycles. The van der Waals surface area contributed by atoms with Crippen molar-refractivity contribution in [3.63, 3.8) is 0 Å². The molecule has 0 spiro atoms. The number of nitrogens with one attached hydrogen (secondary N) is 1. The van der Waals surface area contributed by atoms with Crippen molar-refractivity contribution in [3.8, 4) is 5.75 Å². The molecule has 180 valence electrons. The lowest BCUT2D eigenvalue weighted by Crippen LogP contribution is -2.44. The number of anilines is 2. The molecule has 3 heterocycles. The highest BCUT2D eigenvalue weighted by Gasteiger charge is 2.18. The van der Waals surface area contributed by atoms with Crippen LogP contribution in [-0.4, -0.2) is 65.9 Å². The van der Waals surface area contributed by atoms with Gasteiger partial charge in [-0.1, -0.05) is 12.1 Å². The van der Waals surface area contributed by atoms with Crippen LogP contribution in [0, 0.1) is 0 Å². The van der Waals surface area contributed by atoms with Crippen molar-refractivity contribution in [1.82, 2.24) is 19.7 Å². The van der Waals surface area contributed by atoms with Crippen LogP contribution in [0.25, 0.3) is 11.0 Å². The van der Waals surface area contributed by atoms with Crippen LogP contribution in [0.5, 0.6) is 5.75 Å². The maximum atomic E-state index is 13.1. The van der Waals surface area contributed by atoms with Gasteiger partial charge >= 0.3 is 0 Å². The molecule has 1 fully saturated rings. The van der Waals surface area contributed by atoms with E-state index in [9.17, 15) is 4.79 Å². The summed E-state index contributed by atoms with van der Waals surface area (Å²) in [5.41, 5.74) is 3.47. The molecular weight excluding hydrogens is 508 g/mol. The Hall–Kier alpha value is -3.43. The molecule has 4 aromatic rings. The van der Waals surface area contributed by atoms with Crippen molar-refractivity contribution in [2.24, 2.45) is 0 Å². The number of aromatic nitrogens is 3. The SMILES string of the molecule is COc1ccc(Cn2nc(NC(=O)c3ccc(N4CCN(C)CC4)cc3)c3cc(Br)cnc32)cc1. The van der Waals surface area contributed by atoms with Gasteiger partial charge in [-0.2, -0.15) is 5.10 Å². The summed E-state index contributed by atoms with van der Waals surface area (Å²) in [6.45, 7) is 4.57. The summed E-state index contributed by atoms with van der Waals surface area (Å²) in [5, 5.41) is 8.45. The number of ether oxygens (including phenoxy) is 1. The van der Waals surface area contributed by atoms with Gasteiger partial charge in [0.15, 0.2) is 11.5 Å². The smallest absolute Gasteiger partial charge is 0.256 e. The highest BCUT2D eigenvalue weighted by atomic mass is 79.9.